The van der Waals surface area contributed by atoms with Crippen molar-refractivity contribution in [2.24, 2.45) is 0 Å². The van der Waals surface area contributed by atoms with E-state index in [9.17, 15) is 8.42 Å². The van der Waals surface area contributed by atoms with Gasteiger partial charge in [-0.3, -0.25) is 4.55 Å². The molecule has 0 aliphatic rings. The maximum atomic E-state index is 10.9. The van der Waals surface area contributed by atoms with Crippen LogP contribution in [0, 0.1) is 6.92 Å². The Morgan fingerprint density at radius 3 is 2.29 bits per heavy atom. The second-order valence-corrected chi connectivity index (χ2v) is 5.01. The van der Waals surface area contributed by atoms with Crippen LogP contribution >= 0.6 is 0 Å². The lowest BCUT2D eigenvalue weighted by Gasteiger charge is -2.04. The fourth-order valence-electron chi connectivity index (χ4n) is 1.49. The van der Waals surface area contributed by atoms with Crippen molar-refractivity contribution in [3.8, 4) is 5.69 Å². The molecule has 0 saturated carbocycles. The van der Waals surface area contributed by atoms with E-state index in [4.69, 9.17) is 10.3 Å². The van der Waals surface area contributed by atoms with E-state index in [-0.39, 0.29) is 4.90 Å². The number of aromatic nitrogens is 2. The highest BCUT2D eigenvalue weighted by atomic mass is 32.2. The Hall–Kier alpha value is -1.86. The molecule has 0 amide bonds. The van der Waals surface area contributed by atoms with Crippen LogP contribution in [0.2, 0.25) is 0 Å². The molecular weight excluding hydrogens is 242 g/mol. The van der Waals surface area contributed by atoms with Crippen LogP contribution in [-0.2, 0) is 10.1 Å². The molecule has 2 rings (SSSR count). The highest BCUT2D eigenvalue weighted by Crippen LogP contribution is 2.16. The van der Waals surface area contributed by atoms with E-state index < -0.39 is 10.1 Å². The monoisotopic (exact) mass is 253 g/mol. The average Bonchev–Trinajstić information content (AvgIpc) is 2.57. The Morgan fingerprint density at radius 1 is 1.29 bits per heavy atom. The standard InChI is InChI=1S/C10H11N3O3S/c1-7-6-10(11)13(12-7)8-2-4-9(5-3-8)17(14,15)16/h2-6H,11H2,1H3,(H,14,15,16). The summed E-state index contributed by atoms with van der Waals surface area (Å²) in [6.07, 6.45) is 0. The van der Waals surface area contributed by atoms with Gasteiger partial charge in [-0.15, -0.1) is 0 Å². The molecule has 1 aromatic carbocycles. The van der Waals surface area contributed by atoms with E-state index in [1.807, 2.05) is 0 Å². The van der Waals surface area contributed by atoms with Gasteiger partial charge in [0.25, 0.3) is 10.1 Å². The van der Waals surface area contributed by atoms with Gasteiger partial charge in [0.1, 0.15) is 5.82 Å². The SMILES string of the molecule is Cc1cc(N)n(-c2ccc(S(=O)(=O)O)cc2)n1. The summed E-state index contributed by atoms with van der Waals surface area (Å²) in [7, 11) is -4.17. The second-order valence-electron chi connectivity index (χ2n) is 3.59. The van der Waals surface area contributed by atoms with Crippen LogP contribution in [0.3, 0.4) is 0 Å². The number of hydrogen-bond acceptors (Lipinski definition) is 4. The molecule has 3 N–H and O–H groups in total. The molecule has 0 aliphatic carbocycles. The van der Waals surface area contributed by atoms with Crippen LogP contribution in [0.1, 0.15) is 5.69 Å². The molecule has 90 valence electrons. The second kappa shape index (κ2) is 3.86. The van der Waals surface area contributed by atoms with Gasteiger partial charge in [0.15, 0.2) is 0 Å². The molecule has 0 bridgehead atoms. The van der Waals surface area contributed by atoms with E-state index in [0.29, 0.717) is 11.5 Å². The van der Waals surface area contributed by atoms with Crippen molar-refractivity contribution in [1.29, 1.82) is 0 Å². The van der Waals surface area contributed by atoms with Gasteiger partial charge in [-0.25, -0.2) is 4.68 Å². The van der Waals surface area contributed by atoms with E-state index in [1.165, 1.54) is 28.9 Å². The summed E-state index contributed by atoms with van der Waals surface area (Å²) in [6, 6.07) is 7.33. The Balaban J connectivity index is 2.46. The van der Waals surface area contributed by atoms with Crippen LogP contribution in [0.15, 0.2) is 35.2 Å². The summed E-state index contributed by atoms with van der Waals surface area (Å²) in [5.74, 6) is 0.460. The van der Waals surface area contributed by atoms with Crippen molar-refractivity contribution in [2.45, 2.75) is 11.8 Å². The first-order chi connectivity index (χ1) is 7.88. The third-order valence-corrected chi connectivity index (χ3v) is 3.11. The minimum Gasteiger partial charge on any atom is -0.384 e. The van der Waals surface area contributed by atoms with Crippen molar-refractivity contribution >= 4 is 15.9 Å². The minimum atomic E-state index is -4.17. The number of anilines is 1. The number of nitrogens with zero attached hydrogens (tertiary/aromatic N) is 2. The summed E-state index contributed by atoms with van der Waals surface area (Å²) >= 11 is 0. The first-order valence-electron chi connectivity index (χ1n) is 4.78. The number of rotatable bonds is 2. The molecule has 17 heavy (non-hydrogen) atoms. The molecule has 0 spiro atoms. The highest BCUT2D eigenvalue weighted by Gasteiger charge is 2.10. The third-order valence-electron chi connectivity index (χ3n) is 2.24. The zero-order valence-electron chi connectivity index (χ0n) is 9.03. The fraction of sp³-hybridized carbons (Fsp3) is 0.100. The molecule has 7 heteroatoms. The molecule has 0 atom stereocenters. The zero-order valence-corrected chi connectivity index (χ0v) is 9.85. The summed E-state index contributed by atoms with van der Waals surface area (Å²) in [5, 5.41) is 4.15. The number of hydrogen-bond donors (Lipinski definition) is 2. The first-order valence-corrected chi connectivity index (χ1v) is 6.22. The van der Waals surface area contributed by atoms with Gasteiger partial charge in [0, 0.05) is 6.07 Å². The maximum Gasteiger partial charge on any atom is 0.294 e. The average molecular weight is 253 g/mol. The fourth-order valence-corrected chi connectivity index (χ4v) is 1.97. The van der Waals surface area contributed by atoms with E-state index in [1.54, 1.807) is 13.0 Å². The molecular formula is C10H11N3O3S. The predicted octanol–water partition coefficient (Wildman–Crippen LogP) is 1.01. The van der Waals surface area contributed by atoms with Crippen molar-refractivity contribution in [2.75, 3.05) is 5.73 Å². The minimum absolute atomic E-state index is 0.163. The van der Waals surface area contributed by atoms with Gasteiger partial charge in [0.2, 0.25) is 0 Å². The number of benzene rings is 1. The Bertz CT molecular complexity index is 644. The van der Waals surface area contributed by atoms with Crippen LogP contribution in [0.4, 0.5) is 5.82 Å². The Labute approximate surface area is 98.4 Å². The molecule has 2 aromatic rings. The van der Waals surface area contributed by atoms with Crippen molar-refractivity contribution < 1.29 is 13.0 Å². The van der Waals surface area contributed by atoms with Crippen LogP contribution in [0.5, 0.6) is 0 Å². The van der Waals surface area contributed by atoms with Gasteiger partial charge in [0.05, 0.1) is 16.3 Å². The van der Waals surface area contributed by atoms with Crippen molar-refractivity contribution in [3.63, 3.8) is 0 Å². The van der Waals surface area contributed by atoms with Gasteiger partial charge in [-0.1, -0.05) is 0 Å². The van der Waals surface area contributed by atoms with E-state index >= 15 is 0 Å². The third kappa shape index (κ3) is 2.29. The van der Waals surface area contributed by atoms with Crippen molar-refractivity contribution in [1.82, 2.24) is 9.78 Å². The summed E-state index contributed by atoms with van der Waals surface area (Å²) in [6.45, 7) is 1.80. The van der Waals surface area contributed by atoms with Crippen LogP contribution < -0.4 is 5.73 Å². The number of nitrogen functional groups attached to an aromatic ring is 1. The van der Waals surface area contributed by atoms with E-state index in [2.05, 4.69) is 5.10 Å². The molecule has 0 fully saturated rings. The smallest absolute Gasteiger partial charge is 0.294 e. The van der Waals surface area contributed by atoms with E-state index in [0.717, 1.165) is 5.69 Å². The highest BCUT2D eigenvalue weighted by molar-refractivity contribution is 7.85. The predicted molar refractivity (Wildman–Crippen MR) is 62.5 cm³/mol. The topological polar surface area (TPSA) is 98.2 Å². The Kier molecular flexibility index (Phi) is 2.64. The van der Waals surface area contributed by atoms with Gasteiger partial charge < -0.3 is 5.73 Å². The largest absolute Gasteiger partial charge is 0.384 e. The maximum absolute atomic E-state index is 10.9. The van der Waals surface area contributed by atoms with Gasteiger partial charge in [-0.2, -0.15) is 13.5 Å². The van der Waals surface area contributed by atoms with Crippen LogP contribution in [-0.4, -0.2) is 22.8 Å². The number of nitrogens with two attached hydrogens (primary N) is 1. The molecule has 0 saturated heterocycles. The summed E-state index contributed by atoms with van der Waals surface area (Å²) < 4.78 is 32.0. The van der Waals surface area contributed by atoms with Crippen molar-refractivity contribution in [3.05, 3.63) is 36.0 Å². The van der Waals surface area contributed by atoms with Gasteiger partial charge in [-0.05, 0) is 31.2 Å². The summed E-state index contributed by atoms with van der Waals surface area (Å²) in [4.78, 5) is -0.163. The lowest BCUT2D eigenvalue weighted by molar-refractivity contribution is 0.483. The normalized spacial score (nSPS) is 11.6. The quantitative estimate of drug-likeness (QED) is 0.778. The molecule has 1 aromatic heterocycles. The lowest BCUT2D eigenvalue weighted by atomic mass is 10.3. The molecule has 6 nitrogen and oxygen atoms in total. The zero-order chi connectivity index (χ0) is 12.6. The summed E-state index contributed by atoms with van der Waals surface area (Å²) in [5.41, 5.74) is 7.12. The molecule has 0 aliphatic heterocycles. The molecule has 0 unspecified atom stereocenters. The number of aryl methyl sites for hydroxylation is 1. The lowest BCUT2D eigenvalue weighted by Crippen LogP contribution is -2.03. The molecule has 1 heterocycles. The Morgan fingerprint density at radius 2 is 1.88 bits per heavy atom. The van der Waals surface area contributed by atoms with Gasteiger partial charge >= 0.3 is 0 Å². The first kappa shape index (κ1) is 11.6. The van der Waals surface area contributed by atoms with Crippen LogP contribution in [0.25, 0.3) is 5.69 Å². The molecule has 0 radical (unpaired) electrons.